The quantitative estimate of drug-likeness (QED) is 0.611. The molecule has 0 heterocycles. The van der Waals surface area contributed by atoms with Crippen LogP contribution in [-0.4, -0.2) is 22.8 Å². The Kier molecular flexibility index (Phi) is 4.87. The first-order chi connectivity index (χ1) is 10.4. The van der Waals surface area contributed by atoms with Crippen LogP contribution in [0.15, 0.2) is 46.9 Å². The van der Waals surface area contributed by atoms with Crippen molar-refractivity contribution in [3.63, 3.8) is 0 Å². The second kappa shape index (κ2) is 6.65. The van der Waals surface area contributed by atoms with Crippen LogP contribution in [0.2, 0.25) is 0 Å². The molecule has 0 spiro atoms. The van der Waals surface area contributed by atoms with Crippen LogP contribution >= 0.6 is 15.9 Å². The summed E-state index contributed by atoms with van der Waals surface area (Å²) in [5, 5.41) is 11.0. The predicted octanol–water partition coefficient (Wildman–Crippen LogP) is 3.77. The number of para-hydroxylation sites is 1. The van der Waals surface area contributed by atoms with Crippen molar-refractivity contribution in [3.8, 4) is 0 Å². The van der Waals surface area contributed by atoms with Gasteiger partial charge in [-0.1, -0.05) is 28.1 Å². The second-order valence-corrected chi connectivity index (χ2v) is 5.59. The molecule has 1 amide bonds. The van der Waals surface area contributed by atoms with Gasteiger partial charge in [0.15, 0.2) is 0 Å². The first-order valence-corrected chi connectivity index (χ1v) is 7.12. The summed E-state index contributed by atoms with van der Waals surface area (Å²) in [4.78, 5) is 24.0. The highest BCUT2D eigenvalue weighted by atomic mass is 79.9. The van der Waals surface area contributed by atoms with Gasteiger partial charge in [0.2, 0.25) is 0 Å². The monoisotopic (exact) mass is 366 g/mol. The number of carbonyl (C=O) groups excluding carboxylic acids is 1. The summed E-state index contributed by atoms with van der Waals surface area (Å²) in [6.45, 7) is 0.0101. The third-order valence-corrected chi connectivity index (χ3v) is 3.59. The van der Waals surface area contributed by atoms with Crippen LogP contribution < -0.4 is 0 Å². The summed E-state index contributed by atoms with van der Waals surface area (Å²) in [6.07, 6.45) is 0. The maximum absolute atomic E-state index is 13.7. The Morgan fingerprint density at radius 1 is 1.32 bits per heavy atom. The van der Waals surface area contributed by atoms with E-state index in [-0.39, 0.29) is 17.8 Å². The van der Waals surface area contributed by atoms with Gasteiger partial charge in [0.05, 0.1) is 4.92 Å². The fraction of sp³-hybridized carbons (Fsp3) is 0.133. The zero-order valence-corrected chi connectivity index (χ0v) is 13.2. The molecule has 0 unspecified atom stereocenters. The molecule has 22 heavy (non-hydrogen) atoms. The second-order valence-electron chi connectivity index (χ2n) is 4.67. The van der Waals surface area contributed by atoms with Crippen LogP contribution in [0, 0.1) is 15.9 Å². The first-order valence-electron chi connectivity index (χ1n) is 6.33. The average Bonchev–Trinajstić information content (AvgIpc) is 2.50. The number of hydrogen-bond acceptors (Lipinski definition) is 3. The van der Waals surface area contributed by atoms with Crippen LogP contribution in [0.4, 0.5) is 10.1 Å². The van der Waals surface area contributed by atoms with Gasteiger partial charge in [-0.05, 0) is 24.3 Å². The molecule has 114 valence electrons. The molecule has 0 bridgehead atoms. The molecular formula is C15H12BrFN2O3. The van der Waals surface area contributed by atoms with Crippen molar-refractivity contribution < 1.29 is 14.1 Å². The minimum absolute atomic E-state index is 0.0101. The number of carbonyl (C=O) groups is 1. The summed E-state index contributed by atoms with van der Waals surface area (Å²) in [6, 6.07) is 10.1. The SMILES string of the molecule is CN(Cc1cc(Br)ccc1F)C(=O)c1ccccc1[N+](=O)[O-]. The molecule has 0 aromatic heterocycles. The maximum Gasteiger partial charge on any atom is 0.282 e. The van der Waals surface area contributed by atoms with E-state index in [9.17, 15) is 19.3 Å². The minimum Gasteiger partial charge on any atom is -0.337 e. The molecule has 5 nitrogen and oxygen atoms in total. The summed E-state index contributed by atoms with van der Waals surface area (Å²) >= 11 is 3.24. The number of nitro benzene ring substituents is 1. The fourth-order valence-corrected chi connectivity index (χ4v) is 2.42. The maximum atomic E-state index is 13.7. The Morgan fingerprint density at radius 3 is 2.68 bits per heavy atom. The Hall–Kier alpha value is -2.28. The van der Waals surface area contributed by atoms with Crippen molar-refractivity contribution in [1.82, 2.24) is 4.90 Å². The number of hydrogen-bond donors (Lipinski definition) is 0. The zero-order valence-electron chi connectivity index (χ0n) is 11.6. The van der Waals surface area contributed by atoms with E-state index in [4.69, 9.17) is 0 Å². The highest BCUT2D eigenvalue weighted by Crippen LogP contribution is 2.21. The number of halogens is 2. The lowest BCUT2D eigenvalue weighted by molar-refractivity contribution is -0.385. The van der Waals surface area contributed by atoms with Gasteiger partial charge < -0.3 is 4.90 Å². The van der Waals surface area contributed by atoms with Crippen molar-refractivity contribution in [3.05, 3.63) is 74.0 Å². The molecule has 7 heteroatoms. The van der Waals surface area contributed by atoms with Crippen LogP contribution in [0.1, 0.15) is 15.9 Å². The molecule has 2 aromatic rings. The molecule has 0 saturated carbocycles. The van der Waals surface area contributed by atoms with Gasteiger partial charge in [0.1, 0.15) is 11.4 Å². The van der Waals surface area contributed by atoms with Crippen molar-refractivity contribution in [2.45, 2.75) is 6.54 Å². The molecule has 0 N–H and O–H groups in total. The first kappa shape index (κ1) is 16.1. The lowest BCUT2D eigenvalue weighted by Crippen LogP contribution is -2.27. The third kappa shape index (κ3) is 3.48. The highest BCUT2D eigenvalue weighted by molar-refractivity contribution is 9.10. The Bertz CT molecular complexity index is 736. The number of amides is 1. The van der Waals surface area contributed by atoms with Crippen molar-refractivity contribution in [2.75, 3.05) is 7.05 Å². The van der Waals surface area contributed by atoms with Crippen LogP contribution in [-0.2, 0) is 6.54 Å². The molecular weight excluding hydrogens is 355 g/mol. The molecule has 0 fully saturated rings. The Balaban J connectivity index is 2.26. The predicted molar refractivity (Wildman–Crippen MR) is 83.0 cm³/mol. The van der Waals surface area contributed by atoms with Crippen LogP contribution in [0.5, 0.6) is 0 Å². The van der Waals surface area contributed by atoms with Gasteiger partial charge in [-0.15, -0.1) is 0 Å². The van der Waals surface area contributed by atoms with E-state index < -0.39 is 16.6 Å². The molecule has 2 aromatic carbocycles. The number of nitro groups is 1. The van der Waals surface area contributed by atoms with E-state index in [1.54, 1.807) is 18.2 Å². The lowest BCUT2D eigenvalue weighted by Gasteiger charge is -2.18. The summed E-state index contributed by atoms with van der Waals surface area (Å²) in [5.41, 5.74) is 0.0308. The normalized spacial score (nSPS) is 10.3. The van der Waals surface area contributed by atoms with Gasteiger partial charge in [-0.3, -0.25) is 14.9 Å². The molecule has 2 rings (SSSR count). The molecule has 0 aliphatic rings. The smallest absolute Gasteiger partial charge is 0.282 e. The van der Waals surface area contributed by atoms with Gasteiger partial charge in [0.25, 0.3) is 11.6 Å². The van der Waals surface area contributed by atoms with Gasteiger partial charge >= 0.3 is 0 Å². The number of benzene rings is 2. The average molecular weight is 367 g/mol. The van der Waals surface area contributed by atoms with E-state index in [1.165, 1.54) is 36.2 Å². The van der Waals surface area contributed by atoms with E-state index in [0.717, 1.165) is 0 Å². The zero-order chi connectivity index (χ0) is 16.3. The van der Waals surface area contributed by atoms with E-state index in [2.05, 4.69) is 15.9 Å². The number of rotatable bonds is 4. The third-order valence-electron chi connectivity index (χ3n) is 3.09. The molecule has 0 aliphatic carbocycles. The van der Waals surface area contributed by atoms with Crippen LogP contribution in [0.25, 0.3) is 0 Å². The van der Waals surface area contributed by atoms with Gasteiger partial charge in [0, 0.05) is 29.7 Å². The van der Waals surface area contributed by atoms with E-state index in [1.807, 2.05) is 0 Å². The molecule has 0 aliphatic heterocycles. The standard InChI is InChI=1S/C15H12BrFN2O3/c1-18(9-10-8-11(16)6-7-13(10)17)15(20)12-4-2-3-5-14(12)19(21)22/h2-8H,9H2,1H3. The van der Waals surface area contributed by atoms with Gasteiger partial charge in [-0.25, -0.2) is 4.39 Å². The van der Waals surface area contributed by atoms with E-state index >= 15 is 0 Å². The summed E-state index contributed by atoms with van der Waals surface area (Å²) in [7, 11) is 1.47. The number of nitrogens with zero attached hydrogens (tertiary/aromatic N) is 2. The molecule has 0 radical (unpaired) electrons. The lowest BCUT2D eigenvalue weighted by atomic mass is 10.1. The largest absolute Gasteiger partial charge is 0.337 e. The Morgan fingerprint density at radius 2 is 2.00 bits per heavy atom. The topological polar surface area (TPSA) is 63.5 Å². The minimum atomic E-state index is -0.610. The summed E-state index contributed by atoms with van der Waals surface area (Å²) < 4.78 is 14.4. The van der Waals surface area contributed by atoms with Crippen molar-refractivity contribution in [1.29, 1.82) is 0 Å². The van der Waals surface area contributed by atoms with Crippen molar-refractivity contribution >= 4 is 27.5 Å². The molecule has 0 saturated heterocycles. The fourth-order valence-electron chi connectivity index (χ4n) is 2.01. The van der Waals surface area contributed by atoms with E-state index in [0.29, 0.717) is 10.0 Å². The summed E-state index contributed by atoms with van der Waals surface area (Å²) in [5.74, 6) is -0.975. The van der Waals surface area contributed by atoms with Crippen LogP contribution in [0.3, 0.4) is 0 Å². The highest BCUT2D eigenvalue weighted by Gasteiger charge is 2.22. The van der Waals surface area contributed by atoms with Gasteiger partial charge in [-0.2, -0.15) is 0 Å². The Labute approximate surface area is 134 Å². The molecule has 0 atom stereocenters. The van der Waals surface area contributed by atoms with Crippen molar-refractivity contribution in [2.24, 2.45) is 0 Å².